The molecule has 1 aromatic rings. The van der Waals surface area contributed by atoms with Gasteiger partial charge in [0, 0.05) is 30.8 Å². The molecular weight excluding hydrogens is 228 g/mol. The van der Waals surface area contributed by atoms with Gasteiger partial charge in [-0.3, -0.25) is 9.59 Å². The van der Waals surface area contributed by atoms with Gasteiger partial charge in [0.1, 0.15) is 0 Å². The number of amides is 2. The first kappa shape index (κ1) is 14.2. The smallest absolute Gasteiger partial charge is 0.253 e. The summed E-state index contributed by atoms with van der Waals surface area (Å²) in [6, 6.07) is 7.15. The molecule has 0 saturated carbocycles. The molecule has 0 saturated heterocycles. The summed E-state index contributed by atoms with van der Waals surface area (Å²) >= 11 is 0. The van der Waals surface area contributed by atoms with Crippen LogP contribution in [0.3, 0.4) is 0 Å². The molecule has 18 heavy (non-hydrogen) atoms. The molecule has 1 rings (SSSR count). The van der Waals surface area contributed by atoms with Crippen LogP contribution >= 0.6 is 0 Å². The minimum Gasteiger partial charge on any atom is -0.339 e. The van der Waals surface area contributed by atoms with Gasteiger partial charge in [0.2, 0.25) is 5.91 Å². The molecule has 0 aliphatic rings. The SMILES string of the molecule is CCC(=O)Nc1cccc(C(=O)N(C)C(C)C)c1. The van der Waals surface area contributed by atoms with Crippen LogP contribution in [0.25, 0.3) is 0 Å². The van der Waals surface area contributed by atoms with E-state index < -0.39 is 0 Å². The monoisotopic (exact) mass is 248 g/mol. The first-order valence-electron chi connectivity index (χ1n) is 6.12. The molecule has 0 bridgehead atoms. The number of hydrogen-bond acceptors (Lipinski definition) is 2. The summed E-state index contributed by atoms with van der Waals surface area (Å²) in [4.78, 5) is 25.1. The molecule has 98 valence electrons. The van der Waals surface area contributed by atoms with E-state index in [4.69, 9.17) is 0 Å². The maximum absolute atomic E-state index is 12.1. The van der Waals surface area contributed by atoms with Gasteiger partial charge < -0.3 is 10.2 Å². The van der Waals surface area contributed by atoms with Crippen molar-refractivity contribution in [1.82, 2.24) is 4.90 Å². The third-order valence-corrected chi connectivity index (χ3v) is 2.81. The van der Waals surface area contributed by atoms with Crippen molar-refractivity contribution in [2.24, 2.45) is 0 Å². The fourth-order valence-electron chi connectivity index (χ4n) is 1.42. The lowest BCUT2D eigenvalue weighted by atomic mass is 10.1. The molecule has 4 nitrogen and oxygen atoms in total. The zero-order valence-corrected chi connectivity index (χ0v) is 11.4. The van der Waals surface area contributed by atoms with Gasteiger partial charge in [-0.1, -0.05) is 13.0 Å². The van der Waals surface area contributed by atoms with E-state index in [9.17, 15) is 9.59 Å². The van der Waals surface area contributed by atoms with Crippen molar-refractivity contribution < 1.29 is 9.59 Å². The van der Waals surface area contributed by atoms with E-state index in [1.165, 1.54) is 0 Å². The summed E-state index contributed by atoms with van der Waals surface area (Å²) in [5.74, 6) is -0.102. The maximum atomic E-state index is 12.1. The molecule has 0 spiro atoms. The Balaban J connectivity index is 2.88. The van der Waals surface area contributed by atoms with E-state index >= 15 is 0 Å². The summed E-state index contributed by atoms with van der Waals surface area (Å²) in [5.41, 5.74) is 1.24. The molecule has 0 aliphatic heterocycles. The Labute approximate surface area is 108 Å². The summed E-state index contributed by atoms with van der Waals surface area (Å²) in [5, 5.41) is 2.75. The highest BCUT2D eigenvalue weighted by Gasteiger charge is 2.14. The molecule has 1 aromatic carbocycles. The zero-order valence-electron chi connectivity index (χ0n) is 11.4. The Hall–Kier alpha value is -1.84. The molecule has 4 heteroatoms. The van der Waals surface area contributed by atoms with E-state index in [1.807, 2.05) is 13.8 Å². The number of rotatable bonds is 4. The fraction of sp³-hybridized carbons (Fsp3) is 0.429. The number of carbonyl (C=O) groups is 2. The summed E-state index contributed by atoms with van der Waals surface area (Å²) in [6.45, 7) is 5.71. The van der Waals surface area contributed by atoms with Gasteiger partial charge in [-0.25, -0.2) is 0 Å². The molecule has 0 unspecified atom stereocenters. The van der Waals surface area contributed by atoms with Crippen molar-refractivity contribution in [1.29, 1.82) is 0 Å². The highest BCUT2D eigenvalue weighted by Crippen LogP contribution is 2.13. The van der Waals surface area contributed by atoms with E-state index in [0.29, 0.717) is 17.7 Å². The van der Waals surface area contributed by atoms with Crippen molar-refractivity contribution in [3.63, 3.8) is 0 Å². The Morgan fingerprint density at radius 1 is 1.33 bits per heavy atom. The van der Waals surface area contributed by atoms with Crippen LogP contribution < -0.4 is 5.32 Å². The zero-order chi connectivity index (χ0) is 13.7. The summed E-state index contributed by atoms with van der Waals surface area (Å²) in [7, 11) is 1.77. The summed E-state index contributed by atoms with van der Waals surface area (Å²) in [6.07, 6.45) is 0.421. The quantitative estimate of drug-likeness (QED) is 0.890. The lowest BCUT2D eigenvalue weighted by molar-refractivity contribution is -0.115. The maximum Gasteiger partial charge on any atom is 0.253 e. The van der Waals surface area contributed by atoms with Crippen LogP contribution in [0.2, 0.25) is 0 Å². The minimum atomic E-state index is -0.0585. The number of hydrogen-bond donors (Lipinski definition) is 1. The lowest BCUT2D eigenvalue weighted by Crippen LogP contribution is -2.33. The molecule has 0 aromatic heterocycles. The van der Waals surface area contributed by atoms with Gasteiger partial charge in [-0.15, -0.1) is 0 Å². The standard InChI is InChI=1S/C14H20N2O2/c1-5-13(17)15-12-8-6-7-11(9-12)14(18)16(4)10(2)3/h6-10H,5H2,1-4H3,(H,15,17). The predicted octanol–water partition coefficient (Wildman–Crippen LogP) is 2.52. The molecular formula is C14H20N2O2. The fourth-order valence-corrected chi connectivity index (χ4v) is 1.42. The Morgan fingerprint density at radius 3 is 2.56 bits per heavy atom. The number of carbonyl (C=O) groups excluding carboxylic acids is 2. The molecule has 0 radical (unpaired) electrons. The number of nitrogens with zero attached hydrogens (tertiary/aromatic N) is 1. The number of anilines is 1. The second kappa shape index (κ2) is 6.19. The van der Waals surface area contributed by atoms with Gasteiger partial charge in [-0.05, 0) is 32.0 Å². The van der Waals surface area contributed by atoms with E-state index in [0.717, 1.165) is 0 Å². The largest absolute Gasteiger partial charge is 0.339 e. The van der Waals surface area contributed by atoms with Crippen molar-refractivity contribution in [3.8, 4) is 0 Å². The van der Waals surface area contributed by atoms with Gasteiger partial charge in [0.05, 0.1) is 0 Å². The van der Waals surface area contributed by atoms with Crippen molar-refractivity contribution in [2.45, 2.75) is 33.2 Å². The van der Waals surface area contributed by atoms with Gasteiger partial charge in [0.25, 0.3) is 5.91 Å². The third kappa shape index (κ3) is 3.58. The predicted molar refractivity (Wildman–Crippen MR) is 72.6 cm³/mol. The average Bonchev–Trinajstić information content (AvgIpc) is 2.37. The van der Waals surface area contributed by atoms with E-state index in [2.05, 4.69) is 5.32 Å². The third-order valence-electron chi connectivity index (χ3n) is 2.81. The highest BCUT2D eigenvalue weighted by molar-refractivity contribution is 5.97. The van der Waals surface area contributed by atoms with Gasteiger partial charge >= 0.3 is 0 Å². The molecule has 1 N–H and O–H groups in total. The number of nitrogens with one attached hydrogen (secondary N) is 1. The Morgan fingerprint density at radius 2 is 2.00 bits per heavy atom. The highest BCUT2D eigenvalue weighted by atomic mass is 16.2. The number of benzene rings is 1. The molecule has 0 fully saturated rings. The van der Waals surface area contributed by atoms with Crippen LogP contribution in [0.4, 0.5) is 5.69 Å². The first-order valence-corrected chi connectivity index (χ1v) is 6.12. The van der Waals surface area contributed by atoms with Crippen LogP contribution in [-0.2, 0) is 4.79 Å². The van der Waals surface area contributed by atoms with Gasteiger partial charge in [0.15, 0.2) is 0 Å². The second-order valence-corrected chi connectivity index (χ2v) is 4.49. The molecule has 0 heterocycles. The summed E-state index contributed by atoms with van der Waals surface area (Å²) < 4.78 is 0. The van der Waals surface area contributed by atoms with Crippen LogP contribution in [0.5, 0.6) is 0 Å². The Kier molecular flexibility index (Phi) is 4.89. The average molecular weight is 248 g/mol. The van der Waals surface area contributed by atoms with Crippen molar-refractivity contribution in [2.75, 3.05) is 12.4 Å². The van der Waals surface area contributed by atoms with E-state index in [-0.39, 0.29) is 17.9 Å². The minimum absolute atomic E-state index is 0.0439. The van der Waals surface area contributed by atoms with E-state index in [1.54, 1.807) is 43.1 Å². The molecule has 2 amide bonds. The van der Waals surface area contributed by atoms with Crippen LogP contribution in [0.1, 0.15) is 37.6 Å². The van der Waals surface area contributed by atoms with Crippen LogP contribution in [0.15, 0.2) is 24.3 Å². The molecule has 0 aliphatic carbocycles. The topological polar surface area (TPSA) is 49.4 Å². The normalized spacial score (nSPS) is 10.3. The van der Waals surface area contributed by atoms with Crippen molar-refractivity contribution >= 4 is 17.5 Å². The van der Waals surface area contributed by atoms with Crippen LogP contribution in [0, 0.1) is 0 Å². The first-order chi connectivity index (χ1) is 8.45. The van der Waals surface area contributed by atoms with Crippen molar-refractivity contribution in [3.05, 3.63) is 29.8 Å². The van der Waals surface area contributed by atoms with Crippen LogP contribution in [-0.4, -0.2) is 29.8 Å². The lowest BCUT2D eigenvalue weighted by Gasteiger charge is -2.21. The second-order valence-electron chi connectivity index (χ2n) is 4.49. The Bertz CT molecular complexity index is 441. The molecule has 0 atom stereocenters. The van der Waals surface area contributed by atoms with Gasteiger partial charge in [-0.2, -0.15) is 0 Å².